The largest absolute Gasteiger partial charge is 0.490 e. The number of carboxylic acid groups (broad SMARTS) is 1. The monoisotopic (exact) mass is 416 g/mol. The van der Waals surface area contributed by atoms with E-state index in [1.54, 1.807) is 18.5 Å². The van der Waals surface area contributed by atoms with Gasteiger partial charge in [-0.3, -0.25) is 4.79 Å². The minimum absolute atomic E-state index is 0.142. The summed E-state index contributed by atoms with van der Waals surface area (Å²) in [7, 11) is 0. The first kappa shape index (κ1) is 21.3. The first-order valence-electron chi connectivity index (χ1n) is 9.47. The highest BCUT2D eigenvalue weighted by Gasteiger charge is 2.44. The normalized spacial score (nSPS) is 26.2. The molecule has 29 heavy (non-hydrogen) atoms. The van der Waals surface area contributed by atoms with E-state index in [0.717, 1.165) is 39.0 Å². The number of piperidine rings is 1. The van der Waals surface area contributed by atoms with Gasteiger partial charge in [0.25, 0.3) is 0 Å². The molecule has 3 aliphatic rings. The summed E-state index contributed by atoms with van der Waals surface area (Å²) in [6.45, 7) is 3.28. The van der Waals surface area contributed by atoms with E-state index in [1.165, 1.54) is 0 Å². The van der Waals surface area contributed by atoms with Crippen molar-refractivity contribution in [2.45, 2.75) is 31.5 Å². The highest BCUT2D eigenvalue weighted by molar-refractivity contribution is 5.81. The zero-order valence-electron chi connectivity index (χ0n) is 15.6. The molecule has 2 N–H and O–H groups in total. The van der Waals surface area contributed by atoms with Gasteiger partial charge in [0.2, 0.25) is 11.9 Å². The Morgan fingerprint density at radius 2 is 1.90 bits per heavy atom. The van der Waals surface area contributed by atoms with Crippen LogP contribution in [0.4, 0.5) is 19.1 Å². The number of ether oxygens (including phenoxy) is 1. The highest BCUT2D eigenvalue weighted by atomic mass is 19.4. The molecule has 3 heterocycles. The molecule has 1 amide bonds. The van der Waals surface area contributed by atoms with Crippen LogP contribution in [0.1, 0.15) is 19.3 Å². The predicted octanol–water partition coefficient (Wildman–Crippen LogP) is 1.80. The number of amides is 1. The number of carbonyl (C=O) groups is 2. The Hall–Kier alpha value is -2.43. The molecule has 11 heteroatoms. The van der Waals surface area contributed by atoms with Crippen molar-refractivity contribution in [3.63, 3.8) is 0 Å². The third-order valence-corrected chi connectivity index (χ3v) is 5.32. The van der Waals surface area contributed by atoms with Crippen LogP contribution in [0.5, 0.6) is 0 Å². The van der Waals surface area contributed by atoms with Crippen molar-refractivity contribution in [1.29, 1.82) is 0 Å². The molecule has 0 radical (unpaired) electrons. The van der Waals surface area contributed by atoms with Crippen LogP contribution in [0, 0.1) is 17.8 Å². The molecule has 3 fully saturated rings. The number of rotatable bonds is 4. The fourth-order valence-corrected chi connectivity index (χ4v) is 3.61. The molecule has 0 aromatic carbocycles. The van der Waals surface area contributed by atoms with Crippen LogP contribution < -0.4 is 5.32 Å². The number of anilines is 1. The first-order valence-corrected chi connectivity index (χ1v) is 9.47. The van der Waals surface area contributed by atoms with Gasteiger partial charge in [0.15, 0.2) is 0 Å². The number of fused-ring (bicyclic) bond motifs is 1. The molecule has 160 valence electrons. The molecule has 0 bridgehead atoms. The third-order valence-electron chi connectivity index (χ3n) is 5.32. The molecule has 1 aliphatic carbocycles. The van der Waals surface area contributed by atoms with Crippen LogP contribution in [0.3, 0.4) is 0 Å². The number of alkyl halides is 3. The fraction of sp³-hybridized carbons (Fsp3) is 0.667. The molecule has 3 atom stereocenters. The fourth-order valence-electron chi connectivity index (χ4n) is 3.61. The molecule has 0 spiro atoms. The van der Waals surface area contributed by atoms with Crippen LogP contribution in [-0.2, 0) is 14.3 Å². The van der Waals surface area contributed by atoms with Crippen molar-refractivity contribution in [1.82, 2.24) is 14.9 Å². The number of hydrogen-bond acceptors (Lipinski definition) is 6. The summed E-state index contributed by atoms with van der Waals surface area (Å²) in [5.41, 5.74) is 0. The lowest BCUT2D eigenvalue weighted by molar-refractivity contribution is -0.192. The quantitative estimate of drug-likeness (QED) is 0.771. The molecule has 4 rings (SSSR count). The van der Waals surface area contributed by atoms with Gasteiger partial charge >= 0.3 is 12.1 Å². The Morgan fingerprint density at radius 1 is 1.24 bits per heavy atom. The lowest BCUT2D eigenvalue weighted by Crippen LogP contribution is -2.46. The summed E-state index contributed by atoms with van der Waals surface area (Å²) in [6.07, 6.45) is 1.74. The summed E-state index contributed by atoms with van der Waals surface area (Å²) in [4.78, 5) is 31.6. The maximum Gasteiger partial charge on any atom is 0.490 e. The summed E-state index contributed by atoms with van der Waals surface area (Å²) in [6, 6.07) is 1.80. The summed E-state index contributed by atoms with van der Waals surface area (Å²) >= 11 is 0. The van der Waals surface area contributed by atoms with Gasteiger partial charge in [-0.25, -0.2) is 14.8 Å². The number of halogens is 3. The van der Waals surface area contributed by atoms with Gasteiger partial charge in [-0.2, -0.15) is 13.2 Å². The highest BCUT2D eigenvalue weighted by Crippen LogP contribution is 2.37. The molecular formula is C18H23F3N4O4. The molecule has 2 saturated heterocycles. The number of carbonyl (C=O) groups excluding carboxylic acids is 1. The summed E-state index contributed by atoms with van der Waals surface area (Å²) in [5, 5.41) is 10.4. The Balaban J connectivity index is 0.000000298. The SMILES string of the molecule is O=C(C1CC1)N1CC[C@H]2CO[C@H](CNc3ncccn3)[C@H]2C1.O=C(O)C(F)(F)F. The van der Waals surface area contributed by atoms with Gasteiger partial charge in [-0.15, -0.1) is 0 Å². The van der Waals surface area contributed by atoms with Crippen molar-refractivity contribution in [3.8, 4) is 0 Å². The average molecular weight is 416 g/mol. The first-order chi connectivity index (χ1) is 13.8. The molecule has 2 aliphatic heterocycles. The van der Waals surface area contributed by atoms with Gasteiger partial charge in [0.1, 0.15) is 0 Å². The van der Waals surface area contributed by atoms with E-state index in [9.17, 15) is 18.0 Å². The zero-order valence-corrected chi connectivity index (χ0v) is 15.6. The molecule has 1 aromatic rings. The number of aliphatic carboxylic acids is 1. The maximum absolute atomic E-state index is 12.3. The topological polar surface area (TPSA) is 105 Å². The number of nitrogens with zero attached hydrogens (tertiary/aromatic N) is 3. The van der Waals surface area contributed by atoms with Gasteiger partial charge in [0.05, 0.1) is 12.7 Å². The smallest absolute Gasteiger partial charge is 0.475 e. The van der Waals surface area contributed by atoms with Gasteiger partial charge in [-0.05, 0) is 31.2 Å². The second-order valence-electron chi connectivity index (χ2n) is 7.40. The summed E-state index contributed by atoms with van der Waals surface area (Å²) < 4.78 is 37.7. The molecule has 8 nitrogen and oxygen atoms in total. The van der Waals surface area contributed by atoms with Gasteiger partial charge < -0.3 is 20.1 Å². The molecule has 1 aromatic heterocycles. The number of hydrogen-bond donors (Lipinski definition) is 2. The number of carboxylic acids is 1. The van der Waals surface area contributed by atoms with Gasteiger partial charge in [0, 0.05) is 43.9 Å². The number of aromatic nitrogens is 2. The lowest BCUT2D eigenvalue weighted by Gasteiger charge is -2.36. The molecule has 1 saturated carbocycles. The standard InChI is InChI=1S/C16H22N4O2.C2HF3O2/c21-15(11-2-3-11)20-7-4-12-10-22-14(13(12)9-20)8-19-16-17-5-1-6-18-16;3-2(4,5)1(6)7/h1,5-6,11-14H,2-4,7-10H2,(H,17,18,19);(H,6,7)/t12-,13-,14+;/m0./s1. The van der Waals surface area contributed by atoms with E-state index >= 15 is 0 Å². The third kappa shape index (κ3) is 5.78. The summed E-state index contributed by atoms with van der Waals surface area (Å²) in [5.74, 6) is -0.417. The van der Waals surface area contributed by atoms with Crippen molar-refractivity contribution in [2.24, 2.45) is 17.8 Å². The Labute approximate surface area is 165 Å². The van der Waals surface area contributed by atoms with E-state index in [1.807, 2.05) is 0 Å². The van der Waals surface area contributed by atoms with E-state index in [-0.39, 0.29) is 6.10 Å². The zero-order chi connectivity index (χ0) is 21.0. The minimum atomic E-state index is -5.08. The van der Waals surface area contributed by atoms with Crippen molar-refractivity contribution in [3.05, 3.63) is 18.5 Å². The lowest BCUT2D eigenvalue weighted by atomic mass is 9.84. The van der Waals surface area contributed by atoms with Crippen molar-refractivity contribution < 1.29 is 32.6 Å². The molecule has 0 unspecified atom stereocenters. The van der Waals surface area contributed by atoms with Crippen LogP contribution in [-0.4, -0.2) is 70.4 Å². The van der Waals surface area contributed by atoms with E-state index in [4.69, 9.17) is 14.6 Å². The Morgan fingerprint density at radius 3 is 2.48 bits per heavy atom. The maximum atomic E-state index is 12.3. The Kier molecular flexibility index (Phi) is 6.56. The van der Waals surface area contributed by atoms with Crippen LogP contribution in [0.15, 0.2) is 18.5 Å². The van der Waals surface area contributed by atoms with E-state index in [0.29, 0.717) is 36.2 Å². The second-order valence-corrected chi connectivity index (χ2v) is 7.40. The van der Waals surface area contributed by atoms with Crippen LogP contribution in [0.25, 0.3) is 0 Å². The van der Waals surface area contributed by atoms with Gasteiger partial charge in [-0.1, -0.05) is 0 Å². The minimum Gasteiger partial charge on any atom is -0.475 e. The van der Waals surface area contributed by atoms with Crippen LogP contribution in [0.2, 0.25) is 0 Å². The predicted molar refractivity (Wildman–Crippen MR) is 94.9 cm³/mol. The average Bonchev–Trinajstić information content (AvgIpc) is 3.47. The second kappa shape index (κ2) is 8.93. The van der Waals surface area contributed by atoms with E-state index < -0.39 is 12.1 Å². The molecular weight excluding hydrogens is 393 g/mol. The number of nitrogens with one attached hydrogen (secondary N) is 1. The van der Waals surface area contributed by atoms with E-state index in [2.05, 4.69) is 20.2 Å². The van der Waals surface area contributed by atoms with Crippen LogP contribution >= 0.6 is 0 Å². The number of likely N-dealkylation sites (tertiary alicyclic amines) is 1. The van der Waals surface area contributed by atoms with Crippen molar-refractivity contribution >= 4 is 17.8 Å². The van der Waals surface area contributed by atoms with Crippen molar-refractivity contribution in [2.75, 3.05) is 31.6 Å². The Bertz CT molecular complexity index is 715.